The minimum absolute atomic E-state index is 0.127. The van der Waals surface area contributed by atoms with Crippen LogP contribution in [0.2, 0.25) is 5.02 Å². The predicted molar refractivity (Wildman–Crippen MR) is 94.2 cm³/mol. The van der Waals surface area contributed by atoms with Crippen LogP contribution in [0, 0.1) is 0 Å². The van der Waals surface area contributed by atoms with E-state index in [1.165, 1.54) is 0 Å². The van der Waals surface area contributed by atoms with Crippen molar-refractivity contribution in [2.75, 3.05) is 13.2 Å². The summed E-state index contributed by atoms with van der Waals surface area (Å²) in [5.41, 5.74) is 2.10. The molecule has 6 heteroatoms. The molecule has 0 atom stereocenters. The fraction of sp³-hybridized carbons (Fsp3) is 0.158. The molecule has 0 radical (unpaired) electrons. The van der Waals surface area contributed by atoms with Gasteiger partial charge < -0.3 is 14.8 Å². The number of esters is 1. The maximum Gasteiger partial charge on any atom is 0.338 e. The van der Waals surface area contributed by atoms with Crippen molar-refractivity contribution >= 4 is 29.6 Å². The lowest BCUT2D eigenvalue weighted by Crippen LogP contribution is -2.29. The molecule has 0 saturated carbocycles. The normalized spacial score (nSPS) is 12.4. The van der Waals surface area contributed by atoms with Gasteiger partial charge in [0.15, 0.2) is 6.61 Å². The molecule has 0 fully saturated rings. The van der Waals surface area contributed by atoms with Crippen LogP contribution in [-0.2, 0) is 20.9 Å². The minimum Gasteiger partial charge on any atom is -0.488 e. The summed E-state index contributed by atoms with van der Waals surface area (Å²) < 4.78 is 10.5. The van der Waals surface area contributed by atoms with Crippen molar-refractivity contribution in [1.29, 1.82) is 0 Å². The van der Waals surface area contributed by atoms with Crippen molar-refractivity contribution in [1.82, 2.24) is 5.32 Å². The van der Waals surface area contributed by atoms with E-state index < -0.39 is 5.97 Å². The Morgan fingerprint density at radius 1 is 1.12 bits per heavy atom. The van der Waals surface area contributed by atoms with Gasteiger partial charge in [-0.2, -0.15) is 0 Å². The SMILES string of the molecule is O=C(COC(=O)C1=Cc2ccccc2OC1)NCc1ccc(Cl)cc1. The highest BCUT2D eigenvalue weighted by atomic mass is 35.5. The first-order valence-electron chi connectivity index (χ1n) is 7.72. The fourth-order valence-electron chi connectivity index (χ4n) is 2.31. The van der Waals surface area contributed by atoms with Crippen LogP contribution in [0.25, 0.3) is 6.08 Å². The van der Waals surface area contributed by atoms with E-state index in [-0.39, 0.29) is 19.1 Å². The Kier molecular flexibility index (Phi) is 5.36. The molecule has 0 aliphatic carbocycles. The standard InChI is InChI=1S/C19H16ClNO4/c20-16-7-5-13(6-8-16)10-21-18(22)12-25-19(23)15-9-14-3-1-2-4-17(14)24-11-15/h1-9H,10-12H2,(H,21,22). The van der Waals surface area contributed by atoms with Crippen molar-refractivity contribution in [3.63, 3.8) is 0 Å². The third-order valence-corrected chi connectivity index (χ3v) is 3.88. The van der Waals surface area contributed by atoms with Gasteiger partial charge in [0.25, 0.3) is 5.91 Å². The topological polar surface area (TPSA) is 64.6 Å². The molecule has 3 rings (SSSR count). The second kappa shape index (κ2) is 7.85. The van der Waals surface area contributed by atoms with E-state index in [0.717, 1.165) is 16.9 Å². The maximum atomic E-state index is 12.1. The largest absolute Gasteiger partial charge is 0.488 e. The number of nitrogens with one attached hydrogen (secondary N) is 1. The van der Waals surface area contributed by atoms with Crippen LogP contribution in [0.4, 0.5) is 0 Å². The third kappa shape index (κ3) is 4.61. The molecule has 2 aromatic rings. The molecule has 128 valence electrons. The molecular weight excluding hydrogens is 342 g/mol. The molecule has 2 aromatic carbocycles. The van der Waals surface area contributed by atoms with Crippen molar-refractivity contribution in [3.8, 4) is 5.75 Å². The average molecular weight is 358 g/mol. The molecule has 0 aromatic heterocycles. The molecule has 0 unspecified atom stereocenters. The molecule has 0 spiro atoms. The summed E-state index contributed by atoms with van der Waals surface area (Å²) in [7, 11) is 0. The van der Waals surface area contributed by atoms with E-state index >= 15 is 0 Å². The molecule has 1 aliphatic heterocycles. The lowest BCUT2D eigenvalue weighted by molar-refractivity contribution is -0.145. The van der Waals surface area contributed by atoms with E-state index in [0.29, 0.717) is 17.1 Å². The number of ether oxygens (including phenoxy) is 2. The van der Waals surface area contributed by atoms with Crippen molar-refractivity contribution in [2.45, 2.75) is 6.54 Å². The number of para-hydroxylation sites is 1. The van der Waals surface area contributed by atoms with Gasteiger partial charge in [0.1, 0.15) is 12.4 Å². The number of benzene rings is 2. The van der Waals surface area contributed by atoms with Gasteiger partial charge in [0.05, 0.1) is 5.57 Å². The number of carbonyl (C=O) groups excluding carboxylic acids is 2. The molecule has 1 heterocycles. The average Bonchev–Trinajstić information content (AvgIpc) is 2.65. The lowest BCUT2D eigenvalue weighted by Gasteiger charge is -2.16. The van der Waals surface area contributed by atoms with Gasteiger partial charge in [-0.05, 0) is 29.8 Å². The Morgan fingerprint density at radius 2 is 1.88 bits per heavy atom. The third-order valence-electron chi connectivity index (χ3n) is 3.63. The quantitative estimate of drug-likeness (QED) is 0.835. The Bertz CT molecular complexity index is 814. The zero-order chi connectivity index (χ0) is 17.6. The number of amides is 1. The zero-order valence-corrected chi connectivity index (χ0v) is 14.1. The van der Waals surface area contributed by atoms with Crippen LogP contribution in [0.3, 0.4) is 0 Å². The van der Waals surface area contributed by atoms with Crippen molar-refractivity contribution in [3.05, 3.63) is 70.3 Å². The van der Waals surface area contributed by atoms with Gasteiger partial charge in [-0.3, -0.25) is 4.79 Å². The van der Waals surface area contributed by atoms with E-state index in [2.05, 4.69) is 5.32 Å². The Labute approximate surface area is 150 Å². The summed E-state index contributed by atoms with van der Waals surface area (Å²) in [6.07, 6.45) is 1.72. The number of hydrogen-bond donors (Lipinski definition) is 1. The monoisotopic (exact) mass is 357 g/mol. The van der Waals surface area contributed by atoms with Gasteiger partial charge in [-0.15, -0.1) is 0 Å². The first-order chi connectivity index (χ1) is 12.1. The van der Waals surface area contributed by atoms with E-state index in [1.807, 2.05) is 36.4 Å². The molecule has 1 amide bonds. The second-order valence-corrected chi connectivity index (χ2v) is 5.91. The Balaban J connectivity index is 1.48. The van der Waals surface area contributed by atoms with Crippen LogP contribution in [0.15, 0.2) is 54.1 Å². The summed E-state index contributed by atoms with van der Waals surface area (Å²) in [5.74, 6) is -0.211. The van der Waals surface area contributed by atoms with Crippen LogP contribution in [0.1, 0.15) is 11.1 Å². The van der Waals surface area contributed by atoms with Gasteiger partial charge in [0, 0.05) is 17.1 Å². The summed E-state index contributed by atoms with van der Waals surface area (Å²) in [6.45, 7) is 0.125. The molecule has 1 aliphatic rings. The number of halogens is 1. The molecule has 5 nitrogen and oxygen atoms in total. The second-order valence-electron chi connectivity index (χ2n) is 5.48. The highest BCUT2D eigenvalue weighted by molar-refractivity contribution is 6.30. The first-order valence-corrected chi connectivity index (χ1v) is 8.10. The van der Waals surface area contributed by atoms with Crippen LogP contribution in [-0.4, -0.2) is 25.1 Å². The van der Waals surface area contributed by atoms with Gasteiger partial charge in [0.2, 0.25) is 0 Å². The highest BCUT2D eigenvalue weighted by Gasteiger charge is 2.19. The number of hydrogen-bond acceptors (Lipinski definition) is 4. The summed E-state index contributed by atoms with van der Waals surface area (Å²) in [5, 5.41) is 3.32. The van der Waals surface area contributed by atoms with Crippen molar-refractivity contribution in [2.24, 2.45) is 0 Å². The zero-order valence-electron chi connectivity index (χ0n) is 13.3. The Hall–Kier alpha value is -2.79. The lowest BCUT2D eigenvalue weighted by atomic mass is 10.1. The fourth-order valence-corrected chi connectivity index (χ4v) is 2.44. The van der Waals surface area contributed by atoms with Gasteiger partial charge in [-0.1, -0.05) is 41.9 Å². The van der Waals surface area contributed by atoms with Crippen LogP contribution < -0.4 is 10.1 Å². The summed E-state index contributed by atoms with van der Waals surface area (Å²) in [6, 6.07) is 14.5. The molecule has 0 saturated heterocycles. The number of rotatable bonds is 5. The summed E-state index contributed by atoms with van der Waals surface area (Å²) in [4.78, 5) is 23.9. The summed E-state index contributed by atoms with van der Waals surface area (Å²) >= 11 is 5.80. The van der Waals surface area contributed by atoms with E-state index in [9.17, 15) is 9.59 Å². The van der Waals surface area contributed by atoms with E-state index in [4.69, 9.17) is 21.1 Å². The van der Waals surface area contributed by atoms with Crippen molar-refractivity contribution < 1.29 is 19.1 Å². The number of fused-ring (bicyclic) bond motifs is 1. The minimum atomic E-state index is -0.559. The maximum absolute atomic E-state index is 12.1. The number of carbonyl (C=O) groups is 2. The van der Waals surface area contributed by atoms with Gasteiger partial charge >= 0.3 is 5.97 Å². The smallest absolute Gasteiger partial charge is 0.338 e. The molecule has 0 bridgehead atoms. The first kappa shape index (κ1) is 17.0. The van der Waals surface area contributed by atoms with Gasteiger partial charge in [-0.25, -0.2) is 4.79 Å². The highest BCUT2D eigenvalue weighted by Crippen LogP contribution is 2.25. The van der Waals surface area contributed by atoms with Crippen LogP contribution in [0.5, 0.6) is 5.75 Å². The van der Waals surface area contributed by atoms with Crippen LogP contribution >= 0.6 is 11.6 Å². The molecular formula is C19H16ClNO4. The Morgan fingerprint density at radius 3 is 2.68 bits per heavy atom. The predicted octanol–water partition coefficient (Wildman–Crippen LogP) is 2.98. The molecule has 1 N–H and O–H groups in total. The molecule has 25 heavy (non-hydrogen) atoms. The van der Waals surface area contributed by atoms with E-state index in [1.54, 1.807) is 18.2 Å².